The van der Waals surface area contributed by atoms with Crippen molar-refractivity contribution in [1.29, 1.82) is 0 Å². The molecule has 38 heavy (non-hydrogen) atoms. The molecule has 4 rings (SSSR count). The molecule has 0 saturated carbocycles. The lowest BCUT2D eigenvalue weighted by molar-refractivity contribution is -0.122. The molecule has 2 aromatic carbocycles. The fourth-order valence-corrected chi connectivity index (χ4v) is 5.11. The van der Waals surface area contributed by atoms with Crippen molar-refractivity contribution >= 4 is 11.6 Å². The van der Waals surface area contributed by atoms with E-state index < -0.39 is 0 Å². The van der Waals surface area contributed by atoms with Crippen molar-refractivity contribution in [1.82, 2.24) is 9.88 Å². The second-order valence-corrected chi connectivity index (χ2v) is 9.73. The fraction of sp³-hybridized carbons (Fsp3) is 0.419. The first kappa shape index (κ1) is 27.6. The summed E-state index contributed by atoms with van der Waals surface area (Å²) in [5.74, 6) is 1.45. The van der Waals surface area contributed by atoms with E-state index in [1.165, 1.54) is 12.8 Å². The maximum Gasteiger partial charge on any atom is 0.252 e. The first-order valence-corrected chi connectivity index (χ1v) is 13.4. The maximum absolute atomic E-state index is 13.2. The zero-order valence-corrected chi connectivity index (χ0v) is 22.8. The van der Waals surface area contributed by atoms with Crippen LogP contribution in [0.5, 0.6) is 11.5 Å². The van der Waals surface area contributed by atoms with Crippen molar-refractivity contribution in [3.8, 4) is 22.6 Å². The van der Waals surface area contributed by atoms with Gasteiger partial charge in [0.15, 0.2) is 11.5 Å². The van der Waals surface area contributed by atoms with Crippen LogP contribution in [0.25, 0.3) is 11.1 Å². The van der Waals surface area contributed by atoms with Crippen molar-refractivity contribution in [2.45, 2.75) is 45.2 Å². The predicted molar refractivity (Wildman–Crippen MR) is 151 cm³/mol. The molecule has 202 valence electrons. The quantitative estimate of drug-likeness (QED) is 0.400. The third-order valence-corrected chi connectivity index (χ3v) is 7.06. The summed E-state index contributed by atoms with van der Waals surface area (Å²) in [6.45, 7) is 3.23. The molecule has 0 aliphatic carbocycles. The number of hydrogen-bond acceptors (Lipinski definition) is 6. The normalized spacial score (nSPS) is 15.2. The minimum Gasteiger partial charge on any atom is -0.493 e. The van der Waals surface area contributed by atoms with Crippen LogP contribution in [0.15, 0.2) is 60.9 Å². The third-order valence-electron chi connectivity index (χ3n) is 7.06. The number of aromatic nitrogens is 1. The van der Waals surface area contributed by atoms with Gasteiger partial charge in [0.05, 0.1) is 14.2 Å². The van der Waals surface area contributed by atoms with Crippen molar-refractivity contribution in [3.63, 3.8) is 0 Å². The molecule has 0 atom stereocenters. The van der Waals surface area contributed by atoms with E-state index in [2.05, 4.69) is 40.2 Å². The number of pyridine rings is 1. The van der Waals surface area contributed by atoms with Crippen molar-refractivity contribution < 1.29 is 19.0 Å². The number of carbonyl (C=O) groups excluding carboxylic acids is 1. The van der Waals surface area contributed by atoms with Gasteiger partial charge in [0.2, 0.25) is 0 Å². The number of anilines is 1. The minimum absolute atomic E-state index is 0.00564. The lowest BCUT2D eigenvalue weighted by atomic mass is 10.0. The topological polar surface area (TPSA) is 64.1 Å². The van der Waals surface area contributed by atoms with Crippen LogP contribution in [0.3, 0.4) is 0 Å². The smallest absolute Gasteiger partial charge is 0.252 e. The number of ether oxygens (including phenoxy) is 3. The first-order valence-electron chi connectivity index (χ1n) is 13.4. The molecular weight excluding hydrogens is 478 g/mol. The van der Waals surface area contributed by atoms with E-state index in [9.17, 15) is 4.79 Å². The molecule has 3 aromatic rings. The van der Waals surface area contributed by atoms with Gasteiger partial charge in [0.25, 0.3) is 5.91 Å². The van der Waals surface area contributed by atoms with E-state index in [0.717, 1.165) is 78.3 Å². The zero-order valence-electron chi connectivity index (χ0n) is 22.8. The predicted octanol–water partition coefficient (Wildman–Crippen LogP) is 5.71. The Hall–Kier alpha value is -3.42. The largest absolute Gasteiger partial charge is 0.493 e. The fourth-order valence-electron chi connectivity index (χ4n) is 5.11. The van der Waals surface area contributed by atoms with Crippen LogP contribution >= 0.6 is 0 Å². The standard InChI is InChI=1S/C31H39N3O4/c1-36-23-31(35)34-18-8-6-4-5-7-17-33(21-24-9-12-29(37-2)30(19-24)38-3)22-27-20-26(10-11-28(27)34)25-13-15-32-16-14-25/h9-16,19-20H,4-8,17-18,21-23H2,1-3H3. The lowest BCUT2D eigenvalue weighted by Crippen LogP contribution is -2.36. The summed E-state index contributed by atoms with van der Waals surface area (Å²) in [4.78, 5) is 21.8. The van der Waals surface area contributed by atoms with Gasteiger partial charge in [0, 0.05) is 44.8 Å². The van der Waals surface area contributed by atoms with Crippen LogP contribution < -0.4 is 14.4 Å². The van der Waals surface area contributed by atoms with E-state index >= 15 is 0 Å². The van der Waals surface area contributed by atoms with Gasteiger partial charge in [-0.2, -0.15) is 0 Å². The molecule has 1 aliphatic rings. The summed E-state index contributed by atoms with van der Waals surface area (Å²) in [5.41, 5.74) is 5.47. The van der Waals surface area contributed by atoms with Gasteiger partial charge in [-0.25, -0.2) is 0 Å². The molecule has 7 nitrogen and oxygen atoms in total. The highest BCUT2D eigenvalue weighted by Gasteiger charge is 2.21. The Kier molecular flexibility index (Phi) is 10.1. The second kappa shape index (κ2) is 13.9. The summed E-state index contributed by atoms with van der Waals surface area (Å²) in [7, 11) is 4.90. The second-order valence-electron chi connectivity index (χ2n) is 9.73. The average molecular weight is 518 g/mol. The Bertz CT molecular complexity index is 1180. The first-order chi connectivity index (χ1) is 18.6. The van der Waals surface area contributed by atoms with Gasteiger partial charge in [-0.15, -0.1) is 0 Å². The Balaban J connectivity index is 1.72. The van der Waals surface area contributed by atoms with E-state index in [1.807, 2.05) is 35.5 Å². The van der Waals surface area contributed by atoms with Gasteiger partial charge >= 0.3 is 0 Å². The molecule has 0 saturated heterocycles. The monoisotopic (exact) mass is 517 g/mol. The number of rotatable bonds is 7. The van der Waals surface area contributed by atoms with Gasteiger partial charge < -0.3 is 19.1 Å². The molecule has 2 heterocycles. The highest BCUT2D eigenvalue weighted by atomic mass is 16.5. The van der Waals surface area contributed by atoms with Crippen LogP contribution in [0.4, 0.5) is 5.69 Å². The molecule has 1 aromatic heterocycles. The molecule has 0 fully saturated rings. The highest BCUT2D eigenvalue weighted by molar-refractivity contribution is 5.95. The number of hydrogen-bond donors (Lipinski definition) is 0. The van der Waals surface area contributed by atoms with Gasteiger partial charge in [-0.3, -0.25) is 14.7 Å². The molecular formula is C31H39N3O4. The molecule has 1 amide bonds. The Morgan fingerprint density at radius 2 is 1.55 bits per heavy atom. The van der Waals surface area contributed by atoms with Crippen LogP contribution in [-0.2, 0) is 22.6 Å². The van der Waals surface area contributed by atoms with E-state index in [4.69, 9.17) is 14.2 Å². The molecule has 1 aliphatic heterocycles. The SMILES string of the molecule is COCC(=O)N1CCCCCCCN(Cc2ccc(OC)c(OC)c2)Cc2cc(-c3ccncc3)ccc21. The van der Waals surface area contributed by atoms with E-state index in [-0.39, 0.29) is 12.5 Å². The van der Waals surface area contributed by atoms with Gasteiger partial charge in [-0.05, 0) is 78.0 Å². The number of methoxy groups -OCH3 is 3. The number of fused-ring (bicyclic) bond motifs is 1. The third kappa shape index (κ3) is 7.11. The minimum atomic E-state index is -0.00564. The van der Waals surface area contributed by atoms with Gasteiger partial charge in [-0.1, -0.05) is 31.4 Å². The maximum atomic E-state index is 13.2. The molecule has 7 heteroatoms. The number of amides is 1. The van der Waals surface area contributed by atoms with E-state index in [0.29, 0.717) is 6.54 Å². The lowest BCUT2D eigenvalue weighted by Gasteiger charge is -2.30. The Labute approximate surface area is 226 Å². The molecule has 0 spiro atoms. The Morgan fingerprint density at radius 3 is 2.29 bits per heavy atom. The number of nitrogens with zero attached hydrogens (tertiary/aromatic N) is 3. The van der Waals surface area contributed by atoms with Crippen LogP contribution in [0.1, 0.15) is 43.2 Å². The molecule has 0 unspecified atom stereocenters. The van der Waals surface area contributed by atoms with Crippen LogP contribution in [-0.4, -0.2) is 56.8 Å². The summed E-state index contributed by atoms with van der Waals surface area (Å²) < 4.78 is 16.2. The van der Waals surface area contributed by atoms with E-state index in [1.54, 1.807) is 21.3 Å². The van der Waals surface area contributed by atoms with Crippen molar-refractivity contribution in [2.24, 2.45) is 0 Å². The summed E-state index contributed by atoms with van der Waals surface area (Å²) in [5, 5.41) is 0. The number of carbonyl (C=O) groups is 1. The summed E-state index contributed by atoms with van der Waals surface area (Å²) >= 11 is 0. The summed E-state index contributed by atoms with van der Waals surface area (Å²) in [6, 6.07) is 16.6. The van der Waals surface area contributed by atoms with Crippen LogP contribution in [0.2, 0.25) is 0 Å². The number of benzene rings is 2. The van der Waals surface area contributed by atoms with Crippen molar-refractivity contribution in [3.05, 3.63) is 72.1 Å². The molecule has 0 bridgehead atoms. The van der Waals surface area contributed by atoms with Gasteiger partial charge in [0.1, 0.15) is 6.61 Å². The average Bonchev–Trinajstić information content (AvgIpc) is 2.94. The molecule has 0 N–H and O–H groups in total. The zero-order chi connectivity index (χ0) is 26.7. The highest BCUT2D eigenvalue weighted by Crippen LogP contribution is 2.32. The molecule has 0 radical (unpaired) electrons. The Morgan fingerprint density at radius 1 is 0.816 bits per heavy atom. The van der Waals surface area contributed by atoms with Crippen molar-refractivity contribution in [2.75, 3.05) is 45.9 Å². The van der Waals surface area contributed by atoms with Crippen LogP contribution in [0, 0.1) is 0 Å². The summed E-state index contributed by atoms with van der Waals surface area (Å²) in [6.07, 6.45) is 9.20.